The number of hydrogen-bond acceptors (Lipinski definition) is 5. The number of Topliss-reactive ketones (excluding diaryl/α,β-unsaturated/α-hetero) is 2. The number of ketones is 2. The van der Waals surface area contributed by atoms with E-state index in [1.807, 2.05) is 0 Å². The second-order valence-electron chi connectivity index (χ2n) is 5.97. The molecular formula is C13H19F3O5S2. The van der Waals surface area contributed by atoms with Gasteiger partial charge in [0.1, 0.15) is 11.6 Å². The van der Waals surface area contributed by atoms with Crippen LogP contribution in [0.5, 0.6) is 0 Å². The maximum absolute atomic E-state index is 12.6. The molecular weight excluding hydrogens is 357 g/mol. The van der Waals surface area contributed by atoms with Crippen molar-refractivity contribution in [1.29, 1.82) is 0 Å². The number of alkyl halides is 3. The molecule has 1 saturated heterocycles. The molecule has 5 nitrogen and oxygen atoms in total. The quantitative estimate of drug-likeness (QED) is 0.690. The lowest BCUT2D eigenvalue weighted by Gasteiger charge is -2.40. The zero-order valence-corrected chi connectivity index (χ0v) is 14.1. The fourth-order valence-electron chi connectivity index (χ4n) is 2.92. The SMILES string of the molecule is O=C1CCS(CC(=O)C2CCCC2)(OS(=O)(=O)C(F)(F)F)CC1. The smallest absolute Gasteiger partial charge is 0.300 e. The molecule has 0 atom stereocenters. The van der Waals surface area contributed by atoms with Crippen molar-refractivity contribution >= 4 is 32.0 Å². The van der Waals surface area contributed by atoms with E-state index in [9.17, 15) is 31.2 Å². The average molecular weight is 376 g/mol. The van der Waals surface area contributed by atoms with Gasteiger partial charge in [0.2, 0.25) is 0 Å². The normalized spacial score (nSPS) is 24.6. The zero-order chi connectivity index (χ0) is 17.3. The number of halogens is 3. The van der Waals surface area contributed by atoms with Crippen LogP contribution in [-0.2, 0) is 23.3 Å². The molecule has 0 spiro atoms. The van der Waals surface area contributed by atoms with E-state index >= 15 is 0 Å². The Morgan fingerprint density at radius 1 is 1.17 bits per heavy atom. The minimum absolute atomic E-state index is 0.0410. The summed E-state index contributed by atoms with van der Waals surface area (Å²) < 4.78 is 65.2. The minimum atomic E-state index is -5.77. The Balaban J connectivity index is 2.19. The van der Waals surface area contributed by atoms with Crippen LogP contribution in [0.15, 0.2) is 0 Å². The van der Waals surface area contributed by atoms with Gasteiger partial charge in [-0.3, -0.25) is 9.59 Å². The predicted molar refractivity (Wildman–Crippen MR) is 79.5 cm³/mol. The van der Waals surface area contributed by atoms with E-state index < -0.39 is 25.9 Å². The third kappa shape index (κ3) is 4.48. The van der Waals surface area contributed by atoms with Crippen molar-refractivity contribution < 1.29 is 34.8 Å². The molecule has 134 valence electrons. The van der Waals surface area contributed by atoms with Gasteiger partial charge >= 0.3 is 15.6 Å². The van der Waals surface area contributed by atoms with Gasteiger partial charge in [-0.2, -0.15) is 21.6 Å². The van der Waals surface area contributed by atoms with E-state index in [0.29, 0.717) is 12.8 Å². The molecule has 0 aromatic carbocycles. The van der Waals surface area contributed by atoms with Crippen molar-refractivity contribution in [2.45, 2.75) is 44.0 Å². The van der Waals surface area contributed by atoms with Gasteiger partial charge in [-0.15, -0.1) is 10.3 Å². The average Bonchev–Trinajstić information content (AvgIpc) is 2.94. The first kappa shape index (κ1) is 18.7. The van der Waals surface area contributed by atoms with Gasteiger partial charge in [-0.1, -0.05) is 12.8 Å². The van der Waals surface area contributed by atoms with Gasteiger partial charge in [0.15, 0.2) is 0 Å². The number of carbonyl (C=O) groups is 2. The van der Waals surface area contributed by atoms with Gasteiger partial charge in [0.25, 0.3) is 0 Å². The summed E-state index contributed by atoms with van der Waals surface area (Å²) in [4.78, 5) is 23.7. The second-order valence-corrected chi connectivity index (χ2v) is 10.9. The molecule has 0 N–H and O–H groups in total. The summed E-state index contributed by atoms with van der Waals surface area (Å²) in [6.07, 6.45) is 3.05. The molecule has 1 heterocycles. The van der Waals surface area contributed by atoms with Crippen molar-refractivity contribution in [2.75, 3.05) is 17.3 Å². The molecule has 10 heteroatoms. The van der Waals surface area contributed by atoms with Crippen molar-refractivity contribution in [3.8, 4) is 0 Å². The predicted octanol–water partition coefficient (Wildman–Crippen LogP) is 2.69. The van der Waals surface area contributed by atoms with Gasteiger partial charge in [-0.05, 0) is 12.8 Å². The third-order valence-electron chi connectivity index (χ3n) is 4.24. The van der Waals surface area contributed by atoms with E-state index in [1.165, 1.54) is 0 Å². The molecule has 0 aromatic rings. The standard InChI is InChI=1S/C13H19F3O5S2/c14-13(15,16)23(19,20)21-22(7-5-11(17)6-8-22)9-12(18)10-3-1-2-4-10/h10H,1-9H2. The molecule has 2 rings (SSSR count). The summed E-state index contributed by atoms with van der Waals surface area (Å²) in [6.45, 7) is 0. The van der Waals surface area contributed by atoms with Crippen molar-refractivity contribution in [3.05, 3.63) is 0 Å². The lowest BCUT2D eigenvalue weighted by molar-refractivity contribution is -0.120. The Kier molecular flexibility index (Phi) is 5.47. The highest BCUT2D eigenvalue weighted by atomic mass is 32.3. The van der Waals surface area contributed by atoms with Crippen LogP contribution in [0, 0.1) is 5.92 Å². The van der Waals surface area contributed by atoms with Gasteiger partial charge in [0, 0.05) is 30.3 Å². The second kappa shape index (κ2) is 6.72. The fraction of sp³-hybridized carbons (Fsp3) is 0.846. The lowest BCUT2D eigenvalue weighted by Crippen LogP contribution is -2.35. The van der Waals surface area contributed by atoms with Crippen LogP contribution < -0.4 is 0 Å². The van der Waals surface area contributed by atoms with Crippen LogP contribution in [0.2, 0.25) is 0 Å². The van der Waals surface area contributed by atoms with Gasteiger partial charge < -0.3 is 0 Å². The molecule has 0 aromatic heterocycles. The van der Waals surface area contributed by atoms with Crippen molar-refractivity contribution in [1.82, 2.24) is 0 Å². The van der Waals surface area contributed by atoms with Crippen LogP contribution in [0.1, 0.15) is 38.5 Å². The van der Waals surface area contributed by atoms with Crippen LogP contribution in [0.3, 0.4) is 0 Å². The van der Waals surface area contributed by atoms with E-state index in [1.54, 1.807) is 0 Å². The highest BCUT2D eigenvalue weighted by molar-refractivity contribution is 8.33. The summed E-state index contributed by atoms with van der Waals surface area (Å²) in [5, 5.41) is 0. The fourth-order valence-corrected chi connectivity index (χ4v) is 7.93. The Labute approximate surface area is 134 Å². The minimum Gasteiger partial charge on any atom is -0.300 e. The van der Waals surface area contributed by atoms with E-state index in [0.717, 1.165) is 12.8 Å². The van der Waals surface area contributed by atoms with Crippen LogP contribution in [0.4, 0.5) is 13.2 Å². The number of rotatable bonds is 5. The van der Waals surface area contributed by atoms with E-state index in [2.05, 4.69) is 3.63 Å². The third-order valence-corrected chi connectivity index (χ3v) is 9.38. The lowest BCUT2D eigenvalue weighted by atomic mass is 10.0. The summed E-state index contributed by atoms with van der Waals surface area (Å²) in [5.41, 5.74) is -5.52. The first-order chi connectivity index (χ1) is 10.5. The Hall–Kier alpha value is -0.610. The largest absolute Gasteiger partial charge is 0.523 e. The monoisotopic (exact) mass is 376 g/mol. The highest BCUT2D eigenvalue weighted by Gasteiger charge is 2.52. The molecule has 2 fully saturated rings. The van der Waals surface area contributed by atoms with Gasteiger partial charge in [-0.25, -0.2) is 3.63 Å². The van der Waals surface area contributed by atoms with E-state index in [4.69, 9.17) is 0 Å². The molecule has 1 saturated carbocycles. The molecule has 1 aliphatic heterocycles. The first-order valence-corrected chi connectivity index (χ1v) is 10.9. The maximum Gasteiger partial charge on any atom is 0.523 e. The van der Waals surface area contributed by atoms with Crippen LogP contribution in [0.25, 0.3) is 0 Å². The summed E-state index contributed by atoms with van der Waals surface area (Å²) in [5.74, 6) is -1.10. The maximum atomic E-state index is 12.6. The molecule has 23 heavy (non-hydrogen) atoms. The van der Waals surface area contributed by atoms with Gasteiger partial charge in [0.05, 0.1) is 5.75 Å². The summed E-state index contributed by atoms with van der Waals surface area (Å²) in [7, 11) is -8.56. The Morgan fingerprint density at radius 2 is 1.70 bits per heavy atom. The molecule has 1 aliphatic carbocycles. The molecule has 0 radical (unpaired) electrons. The highest BCUT2D eigenvalue weighted by Crippen LogP contribution is 2.56. The molecule has 0 bridgehead atoms. The summed E-state index contributed by atoms with van der Waals surface area (Å²) in [6, 6.07) is 0. The molecule has 2 aliphatic rings. The van der Waals surface area contributed by atoms with Crippen LogP contribution >= 0.6 is 10.3 Å². The Morgan fingerprint density at radius 3 is 2.17 bits per heavy atom. The number of hydrogen-bond donors (Lipinski definition) is 0. The van der Waals surface area contributed by atoms with Crippen molar-refractivity contribution in [3.63, 3.8) is 0 Å². The first-order valence-electron chi connectivity index (χ1n) is 7.38. The zero-order valence-electron chi connectivity index (χ0n) is 12.4. The summed E-state index contributed by atoms with van der Waals surface area (Å²) >= 11 is 0. The van der Waals surface area contributed by atoms with E-state index in [-0.39, 0.29) is 47.6 Å². The molecule has 0 amide bonds. The van der Waals surface area contributed by atoms with Crippen LogP contribution in [-0.4, -0.2) is 42.8 Å². The topological polar surface area (TPSA) is 77.5 Å². The number of carbonyl (C=O) groups excluding carboxylic acids is 2. The molecule has 0 unspecified atom stereocenters. The Bertz CT molecular complexity index is 569. The van der Waals surface area contributed by atoms with Crippen molar-refractivity contribution in [2.24, 2.45) is 5.92 Å².